The van der Waals surface area contributed by atoms with Crippen LogP contribution in [-0.2, 0) is 9.59 Å². The maximum atomic E-state index is 12.9. The van der Waals surface area contributed by atoms with Gasteiger partial charge in [0.1, 0.15) is 29.7 Å². The molecule has 0 saturated carbocycles. The van der Waals surface area contributed by atoms with Crippen molar-refractivity contribution in [3.63, 3.8) is 0 Å². The topological polar surface area (TPSA) is 97.7 Å². The van der Waals surface area contributed by atoms with Crippen LogP contribution in [0.15, 0.2) is 24.3 Å². The minimum Gasteiger partial charge on any atom is -0.492 e. The molecule has 2 fully saturated rings. The molecule has 2 amide bonds. The van der Waals surface area contributed by atoms with Gasteiger partial charge in [-0.2, -0.15) is 5.26 Å². The number of ether oxygens (including phenoxy) is 1. The molecule has 2 unspecified atom stereocenters. The molecule has 10 heteroatoms. The van der Waals surface area contributed by atoms with E-state index in [9.17, 15) is 19.2 Å². The van der Waals surface area contributed by atoms with Gasteiger partial charge in [-0.25, -0.2) is 4.39 Å². The van der Waals surface area contributed by atoms with E-state index in [-0.39, 0.29) is 12.5 Å². The Balaban J connectivity index is 1.54. The standard InChI is InChI=1S/C23H32FN5O3S/c1-2-29-22(31)20(33-23(29)19(15-25)21(30)26-9-8-24)16-27-17-6-5-7-18(14-17)32-13-12-28-10-3-4-11-28/h5-7,14,19-20,23,27H,2-4,8-13,16H2,1H3,(H,26,30)/t19?,20-,23?/m1/s1. The molecule has 3 rings (SSSR count). The molecule has 2 aliphatic rings. The Bertz CT molecular complexity index is 846. The van der Waals surface area contributed by atoms with Gasteiger partial charge in [-0.1, -0.05) is 6.07 Å². The van der Waals surface area contributed by atoms with Gasteiger partial charge < -0.3 is 20.3 Å². The van der Waals surface area contributed by atoms with E-state index in [0.29, 0.717) is 19.7 Å². The number of likely N-dealkylation sites (tertiary alicyclic amines) is 1. The van der Waals surface area contributed by atoms with Crippen molar-refractivity contribution in [2.75, 3.05) is 57.9 Å². The van der Waals surface area contributed by atoms with Crippen LogP contribution in [0.1, 0.15) is 19.8 Å². The molecule has 2 aliphatic heterocycles. The van der Waals surface area contributed by atoms with Gasteiger partial charge in [-0.3, -0.25) is 14.5 Å². The monoisotopic (exact) mass is 477 g/mol. The van der Waals surface area contributed by atoms with Crippen LogP contribution < -0.4 is 15.4 Å². The van der Waals surface area contributed by atoms with Crippen molar-refractivity contribution in [2.24, 2.45) is 5.92 Å². The summed E-state index contributed by atoms with van der Waals surface area (Å²) in [6, 6.07) is 9.62. The Kier molecular flexibility index (Phi) is 9.63. The average molecular weight is 478 g/mol. The Labute approximate surface area is 198 Å². The lowest BCUT2D eigenvalue weighted by Crippen LogP contribution is -2.44. The van der Waals surface area contributed by atoms with Gasteiger partial charge >= 0.3 is 0 Å². The predicted molar refractivity (Wildman–Crippen MR) is 127 cm³/mol. The summed E-state index contributed by atoms with van der Waals surface area (Å²) < 4.78 is 18.3. The molecule has 180 valence electrons. The van der Waals surface area contributed by atoms with E-state index in [1.165, 1.54) is 24.6 Å². The summed E-state index contributed by atoms with van der Waals surface area (Å²) in [7, 11) is 0. The van der Waals surface area contributed by atoms with Crippen LogP contribution in [0.25, 0.3) is 0 Å². The summed E-state index contributed by atoms with van der Waals surface area (Å²) in [6.45, 7) is 5.54. The highest BCUT2D eigenvalue weighted by Crippen LogP contribution is 2.36. The first-order chi connectivity index (χ1) is 16.1. The number of hydrogen-bond acceptors (Lipinski definition) is 7. The molecular formula is C23H32FN5O3S. The van der Waals surface area contributed by atoms with E-state index >= 15 is 0 Å². The van der Waals surface area contributed by atoms with Crippen LogP contribution in [0.5, 0.6) is 5.75 Å². The fourth-order valence-corrected chi connectivity index (χ4v) is 5.59. The minimum absolute atomic E-state index is 0.114. The number of benzene rings is 1. The highest BCUT2D eigenvalue weighted by molar-refractivity contribution is 8.01. The number of carbonyl (C=O) groups is 2. The van der Waals surface area contributed by atoms with E-state index in [1.807, 2.05) is 37.3 Å². The number of alkyl halides is 1. The summed E-state index contributed by atoms with van der Waals surface area (Å²) in [5.41, 5.74) is 0.839. The minimum atomic E-state index is -1.05. The molecule has 33 heavy (non-hydrogen) atoms. The van der Waals surface area contributed by atoms with Crippen LogP contribution in [0.4, 0.5) is 10.1 Å². The number of nitriles is 1. The van der Waals surface area contributed by atoms with Crippen LogP contribution in [-0.4, -0.2) is 84.8 Å². The first-order valence-corrected chi connectivity index (χ1v) is 12.4. The zero-order chi connectivity index (χ0) is 23.6. The summed E-state index contributed by atoms with van der Waals surface area (Å²) in [4.78, 5) is 29.1. The zero-order valence-electron chi connectivity index (χ0n) is 19.0. The van der Waals surface area contributed by atoms with Gasteiger partial charge in [0, 0.05) is 37.9 Å². The average Bonchev–Trinajstić information content (AvgIpc) is 3.45. The SMILES string of the molecule is CCN1C(=O)[C@@H](CNc2cccc(OCCN3CCCC3)c2)SC1C(C#N)C(=O)NCCF. The number of anilines is 1. The molecule has 0 aliphatic carbocycles. The van der Waals surface area contributed by atoms with Crippen molar-refractivity contribution in [3.05, 3.63) is 24.3 Å². The van der Waals surface area contributed by atoms with Crippen molar-refractivity contribution in [3.8, 4) is 11.8 Å². The van der Waals surface area contributed by atoms with Gasteiger partial charge in [-0.05, 0) is 45.0 Å². The van der Waals surface area contributed by atoms with Crippen molar-refractivity contribution >= 4 is 29.3 Å². The van der Waals surface area contributed by atoms with Gasteiger partial charge in [0.2, 0.25) is 11.8 Å². The molecule has 1 aromatic rings. The van der Waals surface area contributed by atoms with E-state index in [4.69, 9.17) is 4.74 Å². The zero-order valence-corrected chi connectivity index (χ0v) is 19.8. The fourth-order valence-electron chi connectivity index (χ4n) is 4.08. The van der Waals surface area contributed by atoms with Crippen molar-refractivity contribution in [2.45, 2.75) is 30.4 Å². The normalized spacial score (nSPS) is 21.6. The fraction of sp³-hybridized carbons (Fsp3) is 0.609. The number of amides is 2. The Morgan fingerprint density at radius 3 is 2.88 bits per heavy atom. The van der Waals surface area contributed by atoms with E-state index < -0.39 is 29.1 Å². The second-order valence-corrected chi connectivity index (χ2v) is 9.36. The number of carbonyl (C=O) groups excluding carboxylic acids is 2. The summed E-state index contributed by atoms with van der Waals surface area (Å²) in [5, 5.41) is 14.2. The second-order valence-electron chi connectivity index (χ2n) is 8.03. The van der Waals surface area contributed by atoms with Gasteiger partial charge in [0.25, 0.3) is 0 Å². The van der Waals surface area contributed by atoms with Crippen LogP contribution >= 0.6 is 11.8 Å². The second kappa shape index (κ2) is 12.7. The molecule has 3 atom stereocenters. The molecule has 0 bridgehead atoms. The van der Waals surface area contributed by atoms with Crippen molar-refractivity contribution in [1.29, 1.82) is 5.26 Å². The molecule has 0 radical (unpaired) electrons. The largest absolute Gasteiger partial charge is 0.492 e. The number of nitrogens with one attached hydrogen (secondary N) is 2. The van der Waals surface area contributed by atoms with E-state index in [0.717, 1.165) is 31.1 Å². The number of hydrogen-bond donors (Lipinski definition) is 2. The van der Waals surface area contributed by atoms with Crippen LogP contribution in [0.3, 0.4) is 0 Å². The highest BCUT2D eigenvalue weighted by Gasteiger charge is 2.45. The molecule has 2 heterocycles. The maximum absolute atomic E-state index is 12.9. The van der Waals surface area contributed by atoms with Gasteiger partial charge in [-0.15, -0.1) is 11.8 Å². The lowest BCUT2D eigenvalue weighted by Gasteiger charge is -2.25. The predicted octanol–water partition coefficient (Wildman–Crippen LogP) is 2.09. The molecule has 2 saturated heterocycles. The molecular weight excluding hydrogens is 445 g/mol. The Morgan fingerprint density at radius 2 is 2.18 bits per heavy atom. The maximum Gasteiger partial charge on any atom is 0.240 e. The van der Waals surface area contributed by atoms with Crippen molar-refractivity contribution < 1.29 is 18.7 Å². The number of thioether (sulfide) groups is 1. The third kappa shape index (κ3) is 6.74. The molecule has 8 nitrogen and oxygen atoms in total. The third-order valence-corrected chi connectivity index (χ3v) is 7.31. The Hall–Kier alpha value is -2.51. The molecule has 2 N–H and O–H groups in total. The molecule has 1 aromatic carbocycles. The summed E-state index contributed by atoms with van der Waals surface area (Å²) in [6.07, 6.45) is 2.51. The third-order valence-electron chi connectivity index (χ3n) is 5.81. The summed E-state index contributed by atoms with van der Waals surface area (Å²) >= 11 is 1.30. The van der Waals surface area contributed by atoms with Gasteiger partial charge in [0.05, 0.1) is 6.07 Å². The van der Waals surface area contributed by atoms with E-state index in [2.05, 4.69) is 15.5 Å². The van der Waals surface area contributed by atoms with Gasteiger partial charge in [0.15, 0.2) is 5.92 Å². The van der Waals surface area contributed by atoms with E-state index in [1.54, 1.807) is 4.90 Å². The molecule has 0 spiro atoms. The Morgan fingerprint density at radius 1 is 1.39 bits per heavy atom. The van der Waals surface area contributed by atoms with Crippen LogP contribution in [0, 0.1) is 17.2 Å². The summed E-state index contributed by atoms with van der Waals surface area (Å²) in [5.74, 6) is -0.947. The first kappa shape index (κ1) is 25.1. The quantitative estimate of drug-likeness (QED) is 0.476. The molecule has 0 aromatic heterocycles. The highest BCUT2D eigenvalue weighted by atomic mass is 32.2. The first-order valence-electron chi connectivity index (χ1n) is 11.5. The van der Waals surface area contributed by atoms with Crippen molar-refractivity contribution in [1.82, 2.24) is 15.1 Å². The lowest BCUT2D eigenvalue weighted by atomic mass is 10.1. The number of rotatable bonds is 12. The number of halogens is 1. The smallest absolute Gasteiger partial charge is 0.240 e. The lowest BCUT2D eigenvalue weighted by molar-refractivity contribution is -0.131. The number of nitrogens with zero attached hydrogens (tertiary/aromatic N) is 3. The van der Waals surface area contributed by atoms with Crippen LogP contribution in [0.2, 0.25) is 0 Å².